The molecule has 3 rings (SSSR count). The summed E-state index contributed by atoms with van der Waals surface area (Å²) in [4.78, 5) is 20.3. The fourth-order valence-electron chi connectivity index (χ4n) is 2.76. The van der Waals surface area contributed by atoms with Gasteiger partial charge in [-0.2, -0.15) is 0 Å². The lowest BCUT2D eigenvalue weighted by Gasteiger charge is -2.17. The van der Waals surface area contributed by atoms with Crippen molar-refractivity contribution < 1.29 is 28.5 Å². The maximum Gasteiger partial charge on any atom is 0.344 e. The quantitative estimate of drug-likeness (QED) is 0.283. The zero-order valence-electron chi connectivity index (χ0n) is 17.7. The van der Waals surface area contributed by atoms with Gasteiger partial charge in [0.2, 0.25) is 5.05 Å². The van der Waals surface area contributed by atoms with Crippen LogP contribution in [-0.4, -0.2) is 45.4 Å². The number of carbonyl (C=O) groups is 1. The van der Waals surface area contributed by atoms with Crippen molar-refractivity contribution in [1.82, 2.24) is 9.97 Å². The predicted octanol–water partition coefficient (Wildman–Crippen LogP) is 4.60. The van der Waals surface area contributed by atoms with E-state index in [0.717, 1.165) is 12.8 Å². The predicted molar refractivity (Wildman–Crippen MR) is 121 cm³/mol. The Balaban J connectivity index is 1.62. The molecule has 9 heteroatoms. The fourth-order valence-corrected chi connectivity index (χ4v) is 2.86. The third-order valence-electron chi connectivity index (χ3n) is 4.49. The number of thiocarbonyl (C=S) groups is 1. The summed E-state index contributed by atoms with van der Waals surface area (Å²) in [6.07, 6.45) is 2.52. The summed E-state index contributed by atoms with van der Waals surface area (Å²) < 4.78 is 29.2. The highest BCUT2D eigenvalue weighted by Crippen LogP contribution is 2.32. The summed E-state index contributed by atoms with van der Waals surface area (Å²) in [5, 5.41) is 10.5. The van der Waals surface area contributed by atoms with Gasteiger partial charge in [-0.3, -0.25) is 4.98 Å². The van der Waals surface area contributed by atoms with Crippen LogP contribution in [0.25, 0.3) is 22.3 Å². The van der Waals surface area contributed by atoms with E-state index in [1.54, 1.807) is 25.1 Å². The van der Waals surface area contributed by atoms with E-state index in [-0.39, 0.29) is 29.0 Å². The molecule has 3 aromatic rings. The van der Waals surface area contributed by atoms with Gasteiger partial charge in [-0.15, -0.1) is 0 Å². The molecule has 0 fully saturated rings. The summed E-state index contributed by atoms with van der Waals surface area (Å²) in [7, 11) is 0. The monoisotopic (exact) mass is 458 g/mol. The number of aromatic hydroxyl groups is 1. The van der Waals surface area contributed by atoms with Crippen molar-refractivity contribution in [2.45, 2.75) is 32.8 Å². The Morgan fingerprint density at radius 3 is 2.75 bits per heavy atom. The lowest BCUT2D eigenvalue weighted by atomic mass is 10.1. The van der Waals surface area contributed by atoms with Crippen LogP contribution in [0, 0.1) is 5.82 Å². The number of aromatic nitrogens is 2. The molecule has 0 saturated carbocycles. The Morgan fingerprint density at radius 1 is 1.19 bits per heavy atom. The van der Waals surface area contributed by atoms with Crippen LogP contribution in [0.1, 0.15) is 26.7 Å². The van der Waals surface area contributed by atoms with Crippen molar-refractivity contribution in [3.8, 4) is 22.8 Å². The van der Waals surface area contributed by atoms with E-state index >= 15 is 0 Å². The summed E-state index contributed by atoms with van der Waals surface area (Å²) in [5.41, 5.74) is 2.09. The van der Waals surface area contributed by atoms with Gasteiger partial charge >= 0.3 is 5.97 Å². The molecule has 1 N–H and O–H groups in total. The molecule has 2 aromatic carbocycles. The van der Waals surface area contributed by atoms with Crippen molar-refractivity contribution in [3.63, 3.8) is 0 Å². The van der Waals surface area contributed by atoms with E-state index in [4.69, 9.17) is 26.4 Å². The summed E-state index contributed by atoms with van der Waals surface area (Å²) in [6, 6.07) is 8.91. The van der Waals surface area contributed by atoms with Crippen molar-refractivity contribution in [3.05, 3.63) is 48.4 Å². The minimum Gasteiger partial charge on any atom is -0.504 e. The van der Waals surface area contributed by atoms with Crippen LogP contribution >= 0.6 is 12.2 Å². The minimum atomic E-state index is -0.694. The highest BCUT2D eigenvalue weighted by molar-refractivity contribution is 7.80. The lowest BCUT2D eigenvalue weighted by Crippen LogP contribution is -2.27. The number of halogens is 1. The second-order valence-electron chi connectivity index (χ2n) is 7.01. The maximum absolute atomic E-state index is 13.3. The number of esters is 1. The average Bonchev–Trinajstić information content (AvgIpc) is 2.78. The Kier molecular flexibility index (Phi) is 7.88. The third kappa shape index (κ3) is 6.10. The average molecular weight is 459 g/mol. The van der Waals surface area contributed by atoms with Crippen LogP contribution in [-0.2, 0) is 14.3 Å². The first-order chi connectivity index (χ1) is 15.4. The molecule has 0 bridgehead atoms. The lowest BCUT2D eigenvalue weighted by molar-refractivity contribution is -0.146. The minimum absolute atomic E-state index is 0.0635. The number of benzene rings is 2. The highest BCUT2D eigenvalue weighted by Gasteiger charge is 2.17. The Bertz CT molecular complexity index is 1120. The zero-order valence-corrected chi connectivity index (χ0v) is 18.5. The van der Waals surface area contributed by atoms with E-state index in [9.17, 15) is 14.3 Å². The molecule has 32 heavy (non-hydrogen) atoms. The van der Waals surface area contributed by atoms with Gasteiger partial charge in [0, 0.05) is 11.6 Å². The van der Waals surface area contributed by atoms with Crippen LogP contribution in [0.3, 0.4) is 0 Å². The number of hydrogen-bond donors (Lipinski definition) is 1. The number of unbranched alkanes of at least 4 members (excludes halogenated alkanes) is 1. The van der Waals surface area contributed by atoms with Crippen LogP contribution < -0.4 is 4.74 Å². The maximum atomic E-state index is 13.3. The normalized spacial score (nSPS) is 11.7. The molecule has 1 unspecified atom stereocenters. The molecule has 0 aliphatic heterocycles. The number of fused-ring (bicyclic) bond motifs is 1. The molecule has 0 radical (unpaired) electrons. The molecule has 7 nitrogen and oxygen atoms in total. The SMILES string of the molecule is CCCCOC(=O)COC(=S)C(C)Oc1ccc(-c2cnc3cc(F)ccc3n2)cc1O. The van der Waals surface area contributed by atoms with Gasteiger partial charge in [0.05, 0.1) is 29.5 Å². The summed E-state index contributed by atoms with van der Waals surface area (Å²) >= 11 is 5.15. The van der Waals surface area contributed by atoms with E-state index < -0.39 is 12.1 Å². The molecule has 0 saturated heterocycles. The van der Waals surface area contributed by atoms with Crippen molar-refractivity contribution in [2.24, 2.45) is 0 Å². The van der Waals surface area contributed by atoms with Crippen LogP contribution in [0.15, 0.2) is 42.6 Å². The van der Waals surface area contributed by atoms with Gasteiger partial charge in [0.25, 0.3) is 0 Å². The van der Waals surface area contributed by atoms with E-state index in [0.29, 0.717) is 28.9 Å². The van der Waals surface area contributed by atoms with Crippen molar-refractivity contribution >= 4 is 34.3 Å². The van der Waals surface area contributed by atoms with Gasteiger partial charge in [-0.25, -0.2) is 14.2 Å². The summed E-state index contributed by atoms with van der Waals surface area (Å²) in [5.74, 6) is -0.826. The van der Waals surface area contributed by atoms with Crippen molar-refractivity contribution in [1.29, 1.82) is 0 Å². The number of hydrogen-bond acceptors (Lipinski definition) is 8. The molecular formula is C23H23FN2O5S. The number of ether oxygens (including phenoxy) is 3. The Hall–Kier alpha value is -3.33. The van der Waals surface area contributed by atoms with Crippen molar-refractivity contribution in [2.75, 3.05) is 13.2 Å². The summed E-state index contributed by atoms with van der Waals surface area (Å²) in [6.45, 7) is 3.69. The van der Waals surface area contributed by atoms with Gasteiger partial charge in [0.1, 0.15) is 5.82 Å². The first kappa shape index (κ1) is 23.3. The van der Waals surface area contributed by atoms with Crippen LogP contribution in [0.5, 0.6) is 11.5 Å². The Labute approximate surface area is 190 Å². The largest absolute Gasteiger partial charge is 0.504 e. The molecule has 168 valence electrons. The van der Waals surface area contributed by atoms with Gasteiger partial charge in [-0.05, 0) is 55.9 Å². The molecule has 0 aliphatic rings. The third-order valence-corrected chi connectivity index (χ3v) is 4.94. The number of carbonyl (C=O) groups excluding carboxylic acids is 1. The molecule has 1 atom stereocenters. The van der Waals surface area contributed by atoms with E-state index in [1.807, 2.05) is 6.92 Å². The number of phenolic OH excluding ortho intramolecular Hbond substituents is 1. The van der Waals surface area contributed by atoms with Crippen LogP contribution in [0.2, 0.25) is 0 Å². The smallest absolute Gasteiger partial charge is 0.344 e. The van der Waals surface area contributed by atoms with Gasteiger partial charge in [0.15, 0.2) is 24.2 Å². The number of rotatable bonds is 9. The number of nitrogens with zero attached hydrogens (tertiary/aromatic N) is 2. The highest BCUT2D eigenvalue weighted by atomic mass is 32.1. The standard InChI is InChI=1S/C23H23FN2O5S/c1-3-4-9-29-22(28)13-30-23(32)14(2)31-21-8-5-15(10-20(21)27)19-12-25-18-11-16(24)6-7-17(18)26-19/h5-8,10-12,14,27H,3-4,9,13H2,1-2H3. The Morgan fingerprint density at radius 2 is 2.00 bits per heavy atom. The van der Waals surface area contributed by atoms with E-state index in [2.05, 4.69) is 9.97 Å². The van der Waals surface area contributed by atoms with Gasteiger partial charge in [-0.1, -0.05) is 13.3 Å². The van der Waals surface area contributed by atoms with Gasteiger partial charge < -0.3 is 19.3 Å². The molecular weight excluding hydrogens is 435 g/mol. The second kappa shape index (κ2) is 10.8. The molecule has 1 aromatic heterocycles. The molecule has 0 aliphatic carbocycles. The second-order valence-corrected chi connectivity index (χ2v) is 7.41. The first-order valence-electron chi connectivity index (χ1n) is 10.1. The zero-order chi connectivity index (χ0) is 23.1. The fraction of sp³-hybridized carbons (Fsp3) is 0.304. The molecule has 1 heterocycles. The molecule has 0 amide bonds. The first-order valence-corrected chi connectivity index (χ1v) is 10.5. The topological polar surface area (TPSA) is 90.8 Å². The van der Waals surface area contributed by atoms with E-state index in [1.165, 1.54) is 24.4 Å². The molecule has 0 spiro atoms. The number of phenols is 1. The van der Waals surface area contributed by atoms with Crippen LogP contribution in [0.4, 0.5) is 4.39 Å².